The number of phenolic OH excluding ortho intramolecular Hbond substituents is 1. The smallest absolute Gasteiger partial charge is 0.321 e. The molecule has 0 radical (unpaired) electrons. The molecule has 0 aromatic heterocycles. The van der Waals surface area contributed by atoms with Crippen molar-refractivity contribution in [1.82, 2.24) is 4.90 Å². The van der Waals surface area contributed by atoms with Gasteiger partial charge in [-0.25, -0.2) is 0 Å². The molecular weight excluding hydrogens is 313 g/mol. The minimum atomic E-state index is -0.781. The van der Waals surface area contributed by atoms with E-state index in [9.17, 15) is 15.0 Å². The highest BCUT2D eigenvalue weighted by Gasteiger charge is 2.47. The lowest BCUT2D eigenvalue weighted by Crippen LogP contribution is -2.39. The van der Waals surface area contributed by atoms with Crippen LogP contribution in [0.15, 0.2) is 12.1 Å². The summed E-state index contributed by atoms with van der Waals surface area (Å²) in [5.74, 6) is -0.124. The maximum absolute atomic E-state index is 11.6. The van der Waals surface area contributed by atoms with Crippen molar-refractivity contribution in [2.75, 3.05) is 6.54 Å². The second-order valence-corrected chi connectivity index (χ2v) is 6.81. The highest BCUT2D eigenvalue weighted by atomic mass is 35.5. The number of nitrogens with zero attached hydrogens (tertiary/aromatic N) is 1. The van der Waals surface area contributed by atoms with Crippen molar-refractivity contribution in [2.45, 2.75) is 31.8 Å². The van der Waals surface area contributed by atoms with Gasteiger partial charge in [-0.2, -0.15) is 0 Å². The second-order valence-electron chi connectivity index (χ2n) is 5.96. The Morgan fingerprint density at radius 3 is 2.81 bits per heavy atom. The van der Waals surface area contributed by atoms with Crippen LogP contribution in [0.1, 0.15) is 24.8 Å². The van der Waals surface area contributed by atoms with E-state index in [-0.39, 0.29) is 16.7 Å². The zero-order chi connectivity index (χ0) is 15.1. The Balaban J connectivity index is 1.86. The lowest BCUT2D eigenvalue weighted by atomic mass is 9.94. The number of hydrogen-bond acceptors (Lipinski definition) is 3. The normalized spacial score (nSPS) is 28.8. The van der Waals surface area contributed by atoms with Crippen molar-refractivity contribution in [3.63, 3.8) is 0 Å². The van der Waals surface area contributed by atoms with Crippen molar-refractivity contribution in [2.24, 2.45) is 11.8 Å². The zero-order valence-electron chi connectivity index (χ0n) is 11.4. The molecule has 0 spiro atoms. The van der Waals surface area contributed by atoms with Crippen LogP contribution in [-0.4, -0.2) is 33.7 Å². The average Bonchev–Trinajstić information content (AvgIpc) is 2.94. The molecule has 6 heteroatoms. The van der Waals surface area contributed by atoms with Crippen LogP contribution in [0.4, 0.5) is 0 Å². The number of fused-ring (bicyclic) bond motifs is 1. The van der Waals surface area contributed by atoms with Crippen LogP contribution in [-0.2, 0) is 11.3 Å². The number of likely N-dealkylation sites (tertiary alicyclic amines) is 1. The van der Waals surface area contributed by atoms with Crippen molar-refractivity contribution in [1.29, 1.82) is 0 Å². The molecule has 2 N–H and O–H groups in total. The number of carboxylic acid groups (broad SMARTS) is 1. The van der Waals surface area contributed by atoms with Gasteiger partial charge in [0.2, 0.25) is 0 Å². The molecule has 114 valence electrons. The number of phenols is 1. The van der Waals surface area contributed by atoms with Gasteiger partial charge in [-0.15, -0.1) is 0 Å². The molecule has 2 aliphatic rings. The summed E-state index contributed by atoms with van der Waals surface area (Å²) in [6.07, 6.45) is 3.18. The van der Waals surface area contributed by atoms with Crippen molar-refractivity contribution in [3.05, 3.63) is 27.7 Å². The Morgan fingerprint density at radius 1 is 1.33 bits per heavy atom. The fourth-order valence-corrected chi connectivity index (χ4v) is 4.39. The number of aromatic hydroxyl groups is 1. The number of rotatable bonds is 3. The number of carbonyl (C=O) groups is 1. The van der Waals surface area contributed by atoms with Gasteiger partial charge in [-0.05, 0) is 36.8 Å². The zero-order valence-corrected chi connectivity index (χ0v) is 12.9. The topological polar surface area (TPSA) is 60.8 Å². The minimum absolute atomic E-state index is 0.0118. The SMILES string of the molecule is O=C(O)C1C2CCCC2CN1Cc1cc(Cl)cc(Cl)c1O. The third kappa shape index (κ3) is 2.72. The summed E-state index contributed by atoms with van der Waals surface area (Å²) in [5.41, 5.74) is 0.582. The Morgan fingerprint density at radius 2 is 2.10 bits per heavy atom. The molecule has 3 unspecified atom stereocenters. The molecule has 21 heavy (non-hydrogen) atoms. The quantitative estimate of drug-likeness (QED) is 0.892. The number of aliphatic carboxylic acids is 1. The van der Waals surface area contributed by atoms with Crippen LogP contribution in [0.2, 0.25) is 10.0 Å². The fourth-order valence-electron chi connectivity index (χ4n) is 3.85. The van der Waals surface area contributed by atoms with Gasteiger partial charge in [-0.1, -0.05) is 29.6 Å². The Hall–Kier alpha value is -0.970. The van der Waals surface area contributed by atoms with Crippen molar-refractivity contribution >= 4 is 29.2 Å². The summed E-state index contributed by atoms with van der Waals surface area (Å²) < 4.78 is 0. The average molecular weight is 330 g/mol. The first-order valence-electron chi connectivity index (χ1n) is 7.11. The van der Waals surface area contributed by atoms with Crippen LogP contribution in [0.25, 0.3) is 0 Å². The molecule has 1 saturated carbocycles. The van der Waals surface area contributed by atoms with E-state index in [0.717, 1.165) is 25.8 Å². The molecular formula is C15H17Cl2NO3. The molecule has 2 fully saturated rings. The van der Waals surface area contributed by atoms with E-state index in [2.05, 4.69) is 0 Å². The number of hydrogen-bond donors (Lipinski definition) is 2. The molecule has 1 aliphatic heterocycles. The first-order chi connectivity index (χ1) is 9.97. The molecule has 4 nitrogen and oxygen atoms in total. The van der Waals surface area contributed by atoms with Crippen molar-refractivity contribution < 1.29 is 15.0 Å². The second kappa shape index (κ2) is 5.67. The Bertz CT molecular complexity index is 578. The van der Waals surface area contributed by atoms with Gasteiger partial charge >= 0.3 is 5.97 Å². The van der Waals surface area contributed by atoms with E-state index in [1.54, 1.807) is 6.07 Å². The number of carboxylic acids is 1. The van der Waals surface area contributed by atoms with Crippen LogP contribution in [0, 0.1) is 11.8 Å². The van der Waals surface area contributed by atoms with E-state index >= 15 is 0 Å². The summed E-state index contributed by atoms with van der Waals surface area (Å²) in [7, 11) is 0. The third-order valence-corrected chi connectivity index (χ3v) is 5.23. The van der Waals surface area contributed by atoms with E-state index in [4.69, 9.17) is 23.2 Å². The summed E-state index contributed by atoms with van der Waals surface area (Å²) in [6.45, 7) is 1.11. The van der Waals surface area contributed by atoms with E-state index in [0.29, 0.717) is 23.0 Å². The van der Waals surface area contributed by atoms with Crippen molar-refractivity contribution in [3.8, 4) is 5.75 Å². The predicted molar refractivity (Wildman–Crippen MR) is 80.8 cm³/mol. The molecule has 3 atom stereocenters. The third-order valence-electron chi connectivity index (χ3n) is 4.72. The summed E-state index contributed by atoms with van der Waals surface area (Å²) in [6, 6.07) is 2.65. The molecule has 0 bridgehead atoms. The summed E-state index contributed by atoms with van der Waals surface area (Å²) in [5, 5.41) is 20.2. The Kier molecular flexibility index (Phi) is 4.04. The van der Waals surface area contributed by atoms with E-state index in [1.165, 1.54) is 6.07 Å². The van der Waals surface area contributed by atoms with Gasteiger partial charge in [0.15, 0.2) is 0 Å². The highest BCUT2D eigenvalue weighted by molar-refractivity contribution is 6.35. The molecule has 1 aromatic rings. The fraction of sp³-hybridized carbons (Fsp3) is 0.533. The maximum atomic E-state index is 11.6. The highest BCUT2D eigenvalue weighted by Crippen LogP contribution is 2.43. The molecule has 0 amide bonds. The van der Waals surface area contributed by atoms with E-state index < -0.39 is 12.0 Å². The van der Waals surface area contributed by atoms with E-state index in [1.807, 2.05) is 4.90 Å². The van der Waals surface area contributed by atoms with Crippen LogP contribution in [0.3, 0.4) is 0 Å². The van der Waals surface area contributed by atoms with Gasteiger partial charge in [-0.3, -0.25) is 9.69 Å². The molecule has 1 heterocycles. The lowest BCUT2D eigenvalue weighted by Gasteiger charge is -2.24. The lowest BCUT2D eigenvalue weighted by molar-refractivity contribution is -0.143. The predicted octanol–water partition coefficient (Wildman–Crippen LogP) is 3.38. The van der Waals surface area contributed by atoms with Crippen LogP contribution in [0.5, 0.6) is 5.75 Å². The number of halogens is 2. The first kappa shape index (κ1) is 14.9. The van der Waals surface area contributed by atoms with Gasteiger partial charge in [0.1, 0.15) is 11.8 Å². The minimum Gasteiger partial charge on any atom is -0.506 e. The summed E-state index contributed by atoms with van der Waals surface area (Å²) >= 11 is 11.9. The molecule has 1 aromatic carbocycles. The van der Waals surface area contributed by atoms with Gasteiger partial charge in [0.05, 0.1) is 5.02 Å². The Labute approximate surface area is 133 Å². The maximum Gasteiger partial charge on any atom is 0.321 e. The standard InChI is InChI=1S/C15H17Cl2NO3/c16-10-4-9(14(19)12(17)5-10)7-18-6-8-2-1-3-11(8)13(18)15(20)21/h4-5,8,11,13,19H,1-3,6-7H2,(H,20,21). The molecule has 1 saturated heterocycles. The van der Waals surface area contributed by atoms with Crippen LogP contribution < -0.4 is 0 Å². The van der Waals surface area contributed by atoms with Gasteiger partial charge in [0.25, 0.3) is 0 Å². The number of benzene rings is 1. The first-order valence-corrected chi connectivity index (χ1v) is 7.86. The molecule has 3 rings (SSSR count). The van der Waals surface area contributed by atoms with Gasteiger partial charge in [0, 0.05) is 23.7 Å². The van der Waals surface area contributed by atoms with Crippen LogP contribution >= 0.6 is 23.2 Å². The van der Waals surface area contributed by atoms with Gasteiger partial charge < -0.3 is 10.2 Å². The largest absolute Gasteiger partial charge is 0.506 e. The molecule has 1 aliphatic carbocycles. The summed E-state index contributed by atoms with van der Waals surface area (Å²) in [4.78, 5) is 13.5. The monoisotopic (exact) mass is 329 g/mol.